The highest BCUT2D eigenvalue weighted by Gasteiger charge is 2.42. The molecule has 0 spiro atoms. The third-order valence-corrected chi connectivity index (χ3v) is 8.13. The van der Waals surface area contributed by atoms with Gasteiger partial charge in [-0.25, -0.2) is 13.4 Å². The maximum atomic E-state index is 13.3. The number of Topliss-reactive ketones (excluding diaryl/α,β-unsaturated/α-hetero) is 1. The van der Waals surface area contributed by atoms with Crippen molar-refractivity contribution in [3.8, 4) is 5.75 Å². The maximum Gasteiger partial charge on any atom is 0.229 e. The number of hydrogen-bond donors (Lipinski definition) is 2. The normalized spacial score (nSPS) is 17.8. The molecule has 2 N–H and O–H groups in total. The van der Waals surface area contributed by atoms with Gasteiger partial charge in [0.2, 0.25) is 5.91 Å². The van der Waals surface area contributed by atoms with Crippen LogP contribution in [0.2, 0.25) is 0 Å². The first-order valence-electron chi connectivity index (χ1n) is 11.1. The minimum absolute atomic E-state index is 0.0188. The van der Waals surface area contributed by atoms with Gasteiger partial charge in [0.15, 0.2) is 15.6 Å². The zero-order valence-corrected chi connectivity index (χ0v) is 19.9. The van der Waals surface area contributed by atoms with Gasteiger partial charge in [-0.1, -0.05) is 37.3 Å². The smallest absolute Gasteiger partial charge is 0.229 e. The summed E-state index contributed by atoms with van der Waals surface area (Å²) in [6.07, 6.45) is 1.09. The average molecular weight is 479 g/mol. The SMILES string of the molecule is CCS(=O)(=O)c1ccc(CC(=O)Nc2ccc3c(n2)CCC(C)(c2ccccc2O)C3=O)cc1. The molecule has 0 radical (unpaired) electrons. The number of pyridine rings is 1. The van der Waals surface area contributed by atoms with Crippen molar-refractivity contribution in [2.24, 2.45) is 0 Å². The van der Waals surface area contributed by atoms with E-state index in [9.17, 15) is 23.1 Å². The van der Waals surface area contributed by atoms with Gasteiger partial charge in [0.05, 0.1) is 28.2 Å². The van der Waals surface area contributed by atoms with Gasteiger partial charge in [-0.2, -0.15) is 0 Å². The molecular formula is C26H26N2O5S. The number of para-hydroxylation sites is 1. The number of nitrogens with one attached hydrogen (secondary N) is 1. The van der Waals surface area contributed by atoms with E-state index in [1.807, 2.05) is 6.92 Å². The van der Waals surface area contributed by atoms with E-state index >= 15 is 0 Å². The molecule has 1 amide bonds. The lowest BCUT2D eigenvalue weighted by atomic mass is 9.68. The van der Waals surface area contributed by atoms with Crippen molar-refractivity contribution in [2.45, 2.75) is 43.4 Å². The predicted molar refractivity (Wildman–Crippen MR) is 129 cm³/mol. The third-order valence-electron chi connectivity index (χ3n) is 6.37. The summed E-state index contributed by atoms with van der Waals surface area (Å²) in [6.45, 7) is 3.42. The van der Waals surface area contributed by atoms with Crippen molar-refractivity contribution in [1.29, 1.82) is 0 Å². The van der Waals surface area contributed by atoms with E-state index in [1.54, 1.807) is 55.5 Å². The van der Waals surface area contributed by atoms with Crippen molar-refractivity contribution >= 4 is 27.3 Å². The number of hydrogen-bond acceptors (Lipinski definition) is 6. The molecule has 3 aromatic rings. The number of aromatic nitrogens is 1. The van der Waals surface area contributed by atoms with Crippen molar-refractivity contribution in [2.75, 3.05) is 11.1 Å². The van der Waals surface area contributed by atoms with Crippen LogP contribution in [0.1, 0.15) is 47.4 Å². The summed E-state index contributed by atoms with van der Waals surface area (Å²) in [6, 6.07) is 16.4. The van der Waals surface area contributed by atoms with Crippen LogP contribution in [0.4, 0.5) is 5.82 Å². The summed E-state index contributed by atoms with van der Waals surface area (Å²) in [5.74, 6) is 0.0692. The molecule has 8 heteroatoms. The van der Waals surface area contributed by atoms with E-state index < -0.39 is 15.3 Å². The van der Waals surface area contributed by atoms with Crippen LogP contribution in [0.5, 0.6) is 5.75 Å². The molecule has 1 atom stereocenters. The zero-order valence-electron chi connectivity index (χ0n) is 19.0. The lowest BCUT2D eigenvalue weighted by Gasteiger charge is -2.33. The highest BCUT2D eigenvalue weighted by molar-refractivity contribution is 7.91. The van der Waals surface area contributed by atoms with Crippen LogP contribution in [0.3, 0.4) is 0 Å². The Bertz CT molecular complexity index is 1370. The highest BCUT2D eigenvalue weighted by Crippen LogP contribution is 2.41. The van der Waals surface area contributed by atoms with Gasteiger partial charge >= 0.3 is 0 Å². The topological polar surface area (TPSA) is 113 Å². The highest BCUT2D eigenvalue weighted by atomic mass is 32.2. The fourth-order valence-electron chi connectivity index (χ4n) is 4.30. The second kappa shape index (κ2) is 9.02. The van der Waals surface area contributed by atoms with Crippen LogP contribution >= 0.6 is 0 Å². The summed E-state index contributed by atoms with van der Waals surface area (Å²) in [7, 11) is -3.29. The van der Waals surface area contributed by atoms with Gasteiger partial charge in [-0.3, -0.25) is 9.59 Å². The van der Waals surface area contributed by atoms with Crippen molar-refractivity contribution in [1.82, 2.24) is 4.98 Å². The van der Waals surface area contributed by atoms with Crippen molar-refractivity contribution < 1.29 is 23.1 Å². The molecule has 7 nitrogen and oxygen atoms in total. The Labute approximate surface area is 198 Å². The lowest BCUT2D eigenvalue weighted by Crippen LogP contribution is -2.38. The second-order valence-electron chi connectivity index (χ2n) is 8.64. The molecule has 0 saturated heterocycles. The largest absolute Gasteiger partial charge is 0.508 e. The number of carbonyl (C=O) groups is 2. The number of anilines is 1. The minimum atomic E-state index is -3.29. The van der Waals surface area contributed by atoms with Gasteiger partial charge in [-0.15, -0.1) is 0 Å². The number of sulfone groups is 1. The Morgan fingerprint density at radius 1 is 1.09 bits per heavy atom. The Hall–Kier alpha value is -3.52. The number of carbonyl (C=O) groups excluding carboxylic acids is 2. The van der Waals surface area contributed by atoms with Crippen molar-refractivity contribution in [3.05, 3.63) is 83.0 Å². The first-order valence-corrected chi connectivity index (χ1v) is 12.7. The monoisotopic (exact) mass is 478 g/mol. The number of phenolic OH excluding ortho intramolecular Hbond substituents is 1. The molecule has 0 aliphatic heterocycles. The van der Waals surface area contributed by atoms with Gasteiger partial charge in [0.25, 0.3) is 0 Å². The van der Waals surface area contributed by atoms with E-state index in [2.05, 4.69) is 10.3 Å². The maximum absolute atomic E-state index is 13.3. The summed E-state index contributed by atoms with van der Waals surface area (Å²) in [5, 5.41) is 13.0. The van der Waals surface area contributed by atoms with E-state index in [4.69, 9.17) is 0 Å². The molecule has 34 heavy (non-hydrogen) atoms. The second-order valence-corrected chi connectivity index (χ2v) is 10.9. The van der Waals surface area contributed by atoms with Crippen LogP contribution < -0.4 is 5.32 Å². The van der Waals surface area contributed by atoms with Gasteiger partial charge < -0.3 is 10.4 Å². The average Bonchev–Trinajstić information content (AvgIpc) is 2.82. The van der Waals surface area contributed by atoms with Gasteiger partial charge in [0, 0.05) is 11.1 Å². The quantitative estimate of drug-likeness (QED) is 0.556. The van der Waals surface area contributed by atoms with E-state index in [0.717, 1.165) is 0 Å². The fraction of sp³-hybridized carbons (Fsp3) is 0.269. The van der Waals surface area contributed by atoms with Crippen molar-refractivity contribution in [3.63, 3.8) is 0 Å². The number of amides is 1. The lowest BCUT2D eigenvalue weighted by molar-refractivity contribution is -0.115. The molecule has 0 fully saturated rings. The molecular weight excluding hydrogens is 452 g/mol. The number of aryl methyl sites for hydroxylation is 1. The van der Waals surface area contributed by atoms with Gasteiger partial charge in [0.1, 0.15) is 11.6 Å². The molecule has 176 valence electrons. The van der Waals surface area contributed by atoms with E-state index in [0.29, 0.717) is 41.0 Å². The summed E-state index contributed by atoms with van der Waals surface area (Å²) < 4.78 is 23.9. The van der Waals surface area contributed by atoms with Gasteiger partial charge in [-0.05, 0) is 55.7 Å². The Morgan fingerprint density at radius 2 is 1.79 bits per heavy atom. The standard InChI is InChI=1S/C26H26N2O5S/c1-3-34(32,33)18-10-8-17(9-11-18)16-24(30)28-23-13-12-19-21(27-23)14-15-26(2,25(19)31)20-6-4-5-7-22(20)29/h4-13,29H,3,14-16H2,1-2H3,(H,27,28,30). The number of fused-ring (bicyclic) bond motifs is 1. The predicted octanol–water partition coefficient (Wildman–Crippen LogP) is 3.85. The van der Waals surface area contributed by atoms with Crippen LogP contribution in [-0.4, -0.2) is 36.0 Å². The number of ketones is 1. The first-order chi connectivity index (χ1) is 16.1. The fourth-order valence-corrected chi connectivity index (χ4v) is 5.18. The molecule has 1 aromatic heterocycles. The molecule has 0 bridgehead atoms. The Morgan fingerprint density at radius 3 is 2.47 bits per heavy atom. The molecule has 1 aliphatic rings. The molecule has 2 aromatic carbocycles. The molecule has 1 aliphatic carbocycles. The summed E-state index contributed by atoms with van der Waals surface area (Å²) >= 11 is 0. The number of phenols is 1. The summed E-state index contributed by atoms with van der Waals surface area (Å²) in [5.41, 5.74) is 1.54. The van der Waals surface area contributed by atoms with E-state index in [-0.39, 0.29) is 34.5 Å². The van der Waals surface area contributed by atoms with Crippen LogP contribution in [0.15, 0.2) is 65.6 Å². The number of rotatable bonds is 6. The van der Waals surface area contributed by atoms with E-state index in [1.165, 1.54) is 12.1 Å². The van der Waals surface area contributed by atoms with Crippen LogP contribution in [-0.2, 0) is 32.9 Å². The summed E-state index contributed by atoms with van der Waals surface area (Å²) in [4.78, 5) is 30.5. The molecule has 1 unspecified atom stereocenters. The van der Waals surface area contributed by atoms with Crippen LogP contribution in [0, 0.1) is 0 Å². The number of nitrogens with zero attached hydrogens (tertiary/aromatic N) is 1. The number of aromatic hydroxyl groups is 1. The Kier molecular flexibility index (Phi) is 6.27. The first kappa shape index (κ1) is 23.6. The number of benzene rings is 2. The molecule has 1 heterocycles. The Balaban J connectivity index is 1.47. The van der Waals surface area contributed by atoms with Crippen LogP contribution in [0.25, 0.3) is 0 Å². The molecule has 0 saturated carbocycles. The minimum Gasteiger partial charge on any atom is -0.508 e. The molecule has 4 rings (SSSR count). The third kappa shape index (κ3) is 4.46. The zero-order chi connectivity index (χ0) is 24.5.